The third-order valence-electron chi connectivity index (χ3n) is 12.9. The molecule has 0 spiro atoms. The molecule has 0 aromatic rings. The maximum Gasteiger partial charge on any atom is 0.305 e. The second-order valence-electron chi connectivity index (χ2n) is 18.9. The molecule has 0 saturated heterocycles. The van der Waals surface area contributed by atoms with Crippen molar-refractivity contribution in [2.24, 2.45) is 0 Å². The first-order valence-corrected chi connectivity index (χ1v) is 27.6. The van der Waals surface area contributed by atoms with Gasteiger partial charge >= 0.3 is 5.97 Å². The summed E-state index contributed by atoms with van der Waals surface area (Å²) in [6, 6.07) is 0. The van der Waals surface area contributed by atoms with E-state index >= 15 is 0 Å². The molecule has 0 rings (SSSR count). The van der Waals surface area contributed by atoms with Gasteiger partial charge in [-0.3, -0.25) is 4.79 Å². The van der Waals surface area contributed by atoms with Crippen LogP contribution in [0.2, 0.25) is 0 Å². The molecular formula is C56H110O2. The van der Waals surface area contributed by atoms with Crippen LogP contribution >= 0.6 is 0 Å². The van der Waals surface area contributed by atoms with Crippen molar-refractivity contribution >= 4 is 5.97 Å². The third-order valence-corrected chi connectivity index (χ3v) is 12.9. The zero-order chi connectivity index (χ0) is 41.8. The van der Waals surface area contributed by atoms with E-state index in [1.54, 1.807) is 0 Å². The Balaban J connectivity index is 3.16. The molecule has 0 radical (unpaired) electrons. The van der Waals surface area contributed by atoms with Gasteiger partial charge in [-0.25, -0.2) is 0 Å². The van der Waals surface area contributed by atoms with Crippen LogP contribution in [0.4, 0.5) is 0 Å². The van der Waals surface area contributed by atoms with Crippen molar-refractivity contribution in [1.82, 2.24) is 0 Å². The van der Waals surface area contributed by atoms with Crippen LogP contribution in [0, 0.1) is 0 Å². The molecule has 2 nitrogen and oxygen atoms in total. The highest BCUT2D eigenvalue weighted by atomic mass is 16.5. The summed E-state index contributed by atoms with van der Waals surface area (Å²) in [7, 11) is 0. The van der Waals surface area contributed by atoms with Crippen LogP contribution in [0.3, 0.4) is 0 Å². The average Bonchev–Trinajstić information content (AvgIpc) is 3.23. The molecule has 0 bridgehead atoms. The maximum absolute atomic E-state index is 12.1. The van der Waals surface area contributed by atoms with E-state index in [1.165, 1.54) is 302 Å². The Hall–Kier alpha value is -0.790. The number of hydrogen-bond acceptors (Lipinski definition) is 2. The summed E-state index contributed by atoms with van der Waals surface area (Å²) in [6.45, 7) is 5.23. The lowest BCUT2D eigenvalue weighted by atomic mass is 10.0. The first-order chi connectivity index (χ1) is 28.8. The lowest BCUT2D eigenvalue weighted by molar-refractivity contribution is -0.143. The molecule has 0 aromatic heterocycles. The van der Waals surface area contributed by atoms with Crippen molar-refractivity contribution in [2.75, 3.05) is 6.61 Å². The van der Waals surface area contributed by atoms with E-state index in [9.17, 15) is 4.79 Å². The summed E-state index contributed by atoms with van der Waals surface area (Å²) < 4.78 is 5.50. The molecule has 0 atom stereocenters. The second-order valence-corrected chi connectivity index (χ2v) is 18.9. The zero-order valence-corrected chi connectivity index (χ0v) is 40.5. The average molecular weight is 815 g/mol. The largest absolute Gasteiger partial charge is 0.466 e. The van der Waals surface area contributed by atoms with Crippen LogP contribution in [0.1, 0.15) is 335 Å². The van der Waals surface area contributed by atoms with Crippen molar-refractivity contribution in [2.45, 2.75) is 335 Å². The third kappa shape index (κ3) is 53.2. The first kappa shape index (κ1) is 57.2. The first-order valence-electron chi connectivity index (χ1n) is 27.6. The molecular weight excluding hydrogens is 705 g/mol. The molecule has 0 N–H and O–H groups in total. The van der Waals surface area contributed by atoms with Gasteiger partial charge in [-0.2, -0.15) is 0 Å². The van der Waals surface area contributed by atoms with Gasteiger partial charge in [-0.15, -0.1) is 0 Å². The number of rotatable bonds is 52. The van der Waals surface area contributed by atoms with Gasteiger partial charge in [0.2, 0.25) is 0 Å². The molecule has 0 amide bonds. The van der Waals surface area contributed by atoms with Crippen LogP contribution in [0.25, 0.3) is 0 Å². The summed E-state index contributed by atoms with van der Waals surface area (Å²) in [5.74, 6) is 0.0312. The molecule has 0 aliphatic rings. The molecule has 0 aliphatic carbocycles. The summed E-state index contributed by atoms with van der Waals surface area (Å²) in [5.41, 5.74) is 0. The van der Waals surface area contributed by atoms with Crippen LogP contribution in [0.5, 0.6) is 0 Å². The normalized spacial score (nSPS) is 11.7. The van der Waals surface area contributed by atoms with Gasteiger partial charge in [-0.05, 0) is 38.5 Å². The molecule has 0 aromatic carbocycles. The van der Waals surface area contributed by atoms with Gasteiger partial charge in [0.05, 0.1) is 6.61 Å². The molecule has 58 heavy (non-hydrogen) atoms. The number of allylic oxidation sites excluding steroid dienone is 2. The van der Waals surface area contributed by atoms with Gasteiger partial charge in [-0.1, -0.05) is 302 Å². The molecule has 0 fully saturated rings. The molecule has 2 heteroatoms. The van der Waals surface area contributed by atoms with E-state index in [2.05, 4.69) is 26.0 Å². The van der Waals surface area contributed by atoms with Gasteiger partial charge < -0.3 is 4.74 Å². The topological polar surface area (TPSA) is 26.3 Å². The minimum atomic E-state index is 0.0312. The Labute approximate surface area is 367 Å². The predicted molar refractivity (Wildman–Crippen MR) is 262 cm³/mol. The van der Waals surface area contributed by atoms with E-state index in [-0.39, 0.29) is 5.97 Å². The Bertz CT molecular complexity index is 758. The highest BCUT2D eigenvalue weighted by Crippen LogP contribution is 2.18. The number of esters is 1. The molecule has 0 aliphatic heterocycles. The number of unbranched alkanes of at least 4 members (excludes halogenated alkanes) is 46. The van der Waals surface area contributed by atoms with Crippen molar-refractivity contribution in [3.8, 4) is 0 Å². The van der Waals surface area contributed by atoms with Gasteiger partial charge in [0, 0.05) is 6.42 Å². The fraction of sp³-hybridized carbons (Fsp3) is 0.946. The molecule has 0 unspecified atom stereocenters. The summed E-state index contributed by atoms with van der Waals surface area (Å²) >= 11 is 0. The van der Waals surface area contributed by atoms with Crippen LogP contribution < -0.4 is 0 Å². The number of carbonyl (C=O) groups is 1. The van der Waals surface area contributed by atoms with E-state index in [0.29, 0.717) is 13.0 Å². The standard InChI is InChI=1S/C56H110O2/c1-3-5-7-9-11-13-15-17-19-21-23-25-26-27-28-29-30-31-32-33-34-35-36-38-40-42-44-46-48-50-52-54-56(57)58-55-53-51-49-47-45-43-41-39-37-24-22-20-18-16-14-12-10-8-6-4-2/h18,20H,3-17,19,21-55H2,1-2H3/b20-18-. The minimum absolute atomic E-state index is 0.0312. The minimum Gasteiger partial charge on any atom is -0.466 e. The van der Waals surface area contributed by atoms with Crippen molar-refractivity contribution in [3.63, 3.8) is 0 Å². The van der Waals surface area contributed by atoms with Gasteiger partial charge in [0.1, 0.15) is 0 Å². The second kappa shape index (κ2) is 54.2. The van der Waals surface area contributed by atoms with E-state index < -0.39 is 0 Å². The lowest BCUT2D eigenvalue weighted by Crippen LogP contribution is -2.05. The zero-order valence-electron chi connectivity index (χ0n) is 40.5. The fourth-order valence-electron chi connectivity index (χ4n) is 8.78. The molecule has 0 heterocycles. The number of carbonyl (C=O) groups excluding carboxylic acids is 1. The lowest BCUT2D eigenvalue weighted by Gasteiger charge is -2.06. The molecule has 0 saturated carbocycles. The summed E-state index contributed by atoms with van der Waals surface area (Å²) in [5, 5.41) is 0. The van der Waals surface area contributed by atoms with E-state index in [1.807, 2.05) is 0 Å². The Morgan fingerprint density at radius 2 is 0.483 bits per heavy atom. The quantitative estimate of drug-likeness (QED) is 0.0347. The summed E-state index contributed by atoms with van der Waals surface area (Å²) in [4.78, 5) is 12.1. The highest BCUT2D eigenvalue weighted by Gasteiger charge is 2.03. The van der Waals surface area contributed by atoms with Crippen molar-refractivity contribution in [3.05, 3.63) is 12.2 Å². The Kier molecular flexibility index (Phi) is 53.5. The fourth-order valence-corrected chi connectivity index (χ4v) is 8.78. The van der Waals surface area contributed by atoms with E-state index in [4.69, 9.17) is 4.74 Å². The summed E-state index contributed by atoms with van der Waals surface area (Å²) in [6.07, 6.45) is 73.8. The predicted octanol–water partition coefficient (Wildman–Crippen LogP) is 20.6. The van der Waals surface area contributed by atoms with Gasteiger partial charge in [0.15, 0.2) is 0 Å². The smallest absolute Gasteiger partial charge is 0.305 e. The van der Waals surface area contributed by atoms with Gasteiger partial charge in [0.25, 0.3) is 0 Å². The van der Waals surface area contributed by atoms with Crippen molar-refractivity contribution < 1.29 is 9.53 Å². The monoisotopic (exact) mass is 815 g/mol. The Morgan fingerprint density at radius 1 is 0.276 bits per heavy atom. The van der Waals surface area contributed by atoms with Crippen LogP contribution in [-0.4, -0.2) is 12.6 Å². The SMILES string of the molecule is CCCCCCCC/C=C\CCCCCCCCCCCCOC(=O)CCCCCCCCCCCCCCCCCCCCCCCCCCCCCCCCC. The van der Waals surface area contributed by atoms with Crippen LogP contribution in [-0.2, 0) is 9.53 Å². The number of ether oxygens (including phenoxy) is 1. The maximum atomic E-state index is 12.1. The van der Waals surface area contributed by atoms with E-state index in [0.717, 1.165) is 12.8 Å². The Morgan fingerprint density at radius 3 is 0.741 bits per heavy atom. The number of hydrogen-bond donors (Lipinski definition) is 0. The molecule has 346 valence electrons. The van der Waals surface area contributed by atoms with Crippen LogP contribution in [0.15, 0.2) is 12.2 Å². The van der Waals surface area contributed by atoms with Crippen molar-refractivity contribution in [1.29, 1.82) is 0 Å². The highest BCUT2D eigenvalue weighted by molar-refractivity contribution is 5.69.